The Morgan fingerprint density at radius 1 is 1.24 bits per heavy atom. The number of methoxy groups -OCH3 is 2. The fourth-order valence-corrected chi connectivity index (χ4v) is 2.43. The summed E-state index contributed by atoms with van der Waals surface area (Å²) in [5.74, 6) is 0.384. The Kier molecular flexibility index (Phi) is 5.00. The fraction of sp³-hybridized carbons (Fsp3) is 0.500. The number of nitrogens with one attached hydrogen (secondary N) is 2. The molecule has 0 aliphatic carbocycles. The van der Waals surface area contributed by atoms with Crippen LogP contribution in [0.4, 0.5) is 0 Å². The summed E-state index contributed by atoms with van der Waals surface area (Å²) in [6.45, 7) is 2.09. The molecule has 1 saturated heterocycles. The van der Waals surface area contributed by atoms with E-state index in [1.54, 1.807) is 27.2 Å². The van der Waals surface area contributed by atoms with Crippen molar-refractivity contribution in [2.75, 3.05) is 20.8 Å². The molecule has 3 atom stereocenters. The number of benzene rings is 1. The summed E-state index contributed by atoms with van der Waals surface area (Å²) in [4.78, 5) is 12.1. The third-order valence-electron chi connectivity index (χ3n) is 3.48. The number of nitrogens with two attached hydrogens (primary N) is 1. The zero-order valence-corrected chi connectivity index (χ0v) is 12.4. The van der Waals surface area contributed by atoms with Crippen molar-refractivity contribution in [2.24, 2.45) is 11.7 Å². The molecule has 1 heterocycles. The van der Waals surface area contributed by atoms with Gasteiger partial charge in [0.05, 0.1) is 33.0 Å². The van der Waals surface area contributed by atoms with Gasteiger partial charge in [-0.3, -0.25) is 4.79 Å². The van der Waals surface area contributed by atoms with Crippen molar-refractivity contribution >= 4 is 5.97 Å². The van der Waals surface area contributed by atoms with Gasteiger partial charge in [0.2, 0.25) is 0 Å². The second kappa shape index (κ2) is 6.75. The van der Waals surface area contributed by atoms with E-state index in [-0.39, 0.29) is 12.0 Å². The first-order valence-electron chi connectivity index (χ1n) is 6.77. The van der Waals surface area contributed by atoms with Gasteiger partial charge >= 0.3 is 5.97 Å². The zero-order valence-electron chi connectivity index (χ0n) is 12.4. The maximum Gasteiger partial charge on any atom is 0.313 e. The Bertz CT molecular complexity index is 509. The largest absolute Gasteiger partial charge is 0.493 e. The Morgan fingerprint density at radius 2 is 1.95 bits per heavy atom. The van der Waals surface area contributed by atoms with Gasteiger partial charge in [0.25, 0.3) is 0 Å². The van der Waals surface area contributed by atoms with E-state index in [0.29, 0.717) is 18.1 Å². The molecule has 1 aliphatic rings. The summed E-state index contributed by atoms with van der Waals surface area (Å²) < 4.78 is 15.6. The predicted molar refractivity (Wildman–Crippen MR) is 76.7 cm³/mol. The average molecular weight is 295 g/mol. The van der Waals surface area contributed by atoms with Crippen LogP contribution in [0.2, 0.25) is 0 Å². The van der Waals surface area contributed by atoms with Crippen LogP contribution in [-0.4, -0.2) is 33.0 Å². The second-order valence-electron chi connectivity index (χ2n) is 4.68. The van der Waals surface area contributed by atoms with Gasteiger partial charge in [0.1, 0.15) is 5.92 Å². The molecule has 0 saturated carbocycles. The zero-order chi connectivity index (χ0) is 15.4. The summed E-state index contributed by atoms with van der Waals surface area (Å²) in [6, 6.07) is 5.19. The number of hydrogen-bond donors (Lipinski definition) is 3. The van der Waals surface area contributed by atoms with Gasteiger partial charge in [-0.25, -0.2) is 10.9 Å². The number of rotatable bonds is 5. The van der Waals surface area contributed by atoms with Crippen molar-refractivity contribution in [1.29, 1.82) is 0 Å². The standard InChI is InChI=1S/C14H21N3O4/c1-4-21-14(18)11-12(16-17-13(11)15)8-5-6-9(19-2)10(7-8)20-3/h5-7,11-13,16-17H,4,15H2,1-3H3. The molecule has 0 radical (unpaired) electrons. The van der Waals surface area contributed by atoms with Gasteiger partial charge in [-0.1, -0.05) is 6.07 Å². The van der Waals surface area contributed by atoms with Gasteiger partial charge in [0, 0.05) is 0 Å². The lowest BCUT2D eigenvalue weighted by Crippen LogP contribution is -2.42. The first-order valence-corrected chi connectivity index (χ1v) is 6.77. The minimum absolute atomic E-state index is 0.293. The van der Waals surface area contributed by atoms with Crippen LogP contribution < -0.4 is 26.1 Å². The van der Waals surface area contributed by atoms with E-state index < -0.39 is 12.1 Å². The van der Waals surface area contributed by atoms with Crippen LogP contribution in [0.3, 0.4) is 0 Å². The molecule has 7 nitrogen and oxygen atoms in total. The van der Waals surface area contributed by atoms with E-state index in [1.807, 2.05) is 12.1 Å². The van der Waals surface area contributed by atoms with Gasteiger partial charge in [-0.15, -0.1) is 0 Å². The number of hydrazine groups is 1. The third-order valence-corrected chi connectivity index (χ3v) is 3.48. The van der Waals surface area contributed by atoms with Gasteiger partial charge in [0.15, 0.2) is 11.5 Å². The molecule has 1 aromatic rings. The molecule has 2 rings (SSSR count). The van der Waals surface area contributed by atoms with E-state index >= 15 is 0 Å². The van der Waals surface area contributed by atoms with Crippen LogP contribution in [0.15, 0.2) is 18.2 Å². The predicted octanol–water partition coefficient (Wildman–Crippen LogP) is 0.317. The van der Waals surface area contributed by atoms with Crippen LogP contribution in [0, 0.1) is 5.92 Å². The van der Waals surface area contributed by atoms with Crippen LogP contribution >= 0.6 is 0 Å². The molecule has 1 fully saturated rings. The molecule has 4 N–H and O–H groups in total. The topological polar surface area (TPSA) is 94.8 Å². The van der Waals surface area contributed by atoms with Gasteiger partial charge in [-0.2, -0.15) is 0 Å². The molecule has 3 unspecified atom stereocenters. The number of ether oxygens (including phenoxy) is 3. The van der Waals surface area contributed by atoms with Crippen molar-refractivity contribution in [3.63, 3.8) is 0 Å². The smallest absolute Gasteiger partial charge is 0.313 e. The third kappa shape index (κ3) is 3.10. The number of esters is 1. The van der Waals surface area contributed by atoms with Crippen LogP contribution in [0.1, 0.15) is 18.5 Å². The average Bonchev–Trinajstić information content (AvgIpc) is 2.88. The van der Waals surface area contributed by atoms with E-state index in [0.717, 1.165) is 5.56 Å². The monoisotopic (exact) mass is 295 g/mol. The molecule has 116 valence electrons. The van der Waals surface area contributed by atoms with E-state index in [2.05, 4.69) is 10.9 Å². The van der Waals surface area contributed by atoms with Gasteiger partial charge < -0.3 is 19.9 Å². The summed E-state index contributed by atoms with van der Waals surface area (Å²) in [7, 11) is 3.14. The van der Waals surface area contributed by atoms with Gasteiger partial charge in [-0.05, 0) is 24.6 Å². The minimum atomic E-state index is -0.512. The highest BCUT2D eigenvalue weighted by Gasteiger charge is 2.41. The molecule has 0 amide bonds. The van der Waals surface area contributed by atoms with E-state index in [1.165, 1.54) is 0 Å². The summed E-state index contributed by atoms with van der Waals surface area (Å²) in [5, 5.41) is 0. The molecule has 1 aromatic carbocycles. The molecule has 0 bridgehead atoms. The van der Waals surface area contributed by atoms with E-state index in [4.69, 9.17) is 19.9 Å². The quantitative estimate of drug-likeness (QED) is 0.673. The molecular weight excluding hydrogens is 274 g/mol. The highest BCUT2D eigenvalue weighted by Crippen LogP contribution is 2.34. The maximum absolute atomic E-state index is 12.1. The number of hydrogen-bond acceptors (Lipinski definition) is 7. The Labute approximate surface area is 123 Å². The molecule has 7 heteroatoms. The highest BCUT2D eigenvalue weighted by atomic mass is 16.5. The Hall–Kier alpha value is -1.83. The summed E-state index contributed by atoms with van der Waals surface area (Å²) >= 11 is 0. The lowest BCUT2D eigenvalue weighted by atomic mass is 9.93. The first-order chi connectivity index (χ1) is 10.1. The molecular formula is C14H21N3O4. The van der Waals surface area contributed by atoms with Crippen molar-refractivity contribution in [3.8, 4) is 11.5 Å². The maximum atomic E-state index is 12.1. The Balaban J connectivity index is 2.29. The number of carbonyl (C=O) groups is 1. The minimum Gasteiger partial charge on any atom is -0.493 e. The van der Waals surface area contributed by atoms with Crippen LogP contribution in [0.5, 0.6) is 11.5 Å². The van der Waals surface area contributed by atoms with Crippen molar-refractivity contribution in [2.45, 2.75) is 19.1 Å². The second-order valence-corrected chi connectivity index (χ2v) is 4.68. The summed E-state index contributed by atoms with van der Waals surface area (Å²) in [6.07, 6.45) is -0.512. The SMILES string of the molecule is CCOC(=O)C1C(N)NNC1c1ccc(OC)c(OC)c1. The molecule has 0 spiro atoms. The van der Waals surface area contributed by atoms with Crippen LogP contribution in [0.25, 0.3) is 0 Å². The molecule has 0 aromatic heterocycles. The van der Waals surface area contributed by atoms with E-state index in [9.17, 15) is 4.79 Å². The number of carbonyl (C=O) groups excluding carboxylic acids is 1. The van der Waals surface area contributed by atoms with Crippen molar-refractivity contribution < 1.29 is 19.0 Å². The summed E-state index contributed by atoms with van der Waals surface area (Å²) in [5.41, 5.74) is 12.7. The van der Waals surface area contributed by atoms with Crippen molar-refractivity contribution in [3.05, 3.63) is 23.8 Å². The normalized spacial score (nSPS) is 24.7. The van der Waals surface area contributed by atoms with Crippen LogP contribution in [-0.2, 0) is 9.53 Å². The molecule has 1 aliphatic heterocycles. The van der Waals surface area contributed by atoms with Crippen molar-refractivity contribution in [1.82, 2.24) is 10.9 Å². The fourth-order valence-electron chi connectivity index (χ4n) is 2.43. The lowest BCUT2D eigenvalue weighted by Gasteiger charge is -2.20. The first kappa shape index (κ1) is 15.6. The highest BCUT2D eigenvalue weighted by molar-refractivity contribution is 5.75. The lowest BCUT2D eigenvalue weighted by molar-refractivity contribution is -0.148. The Morgan fingerprint density at radius 3 is 2.57 bits per heavy atom. The molecule has 21 heavy (non-hydrogen) atoms.